The van der Waals surface area contributed by atoms with Crippen LogP contribution >= 0.6 is 0 Å². The van der Waals surface area contributed by atoms with Gasteiger partial charge < -0.3 is 19.4 Å². The minimum Gasteiger partial charge on any atom is -0.450 e. The van der Waals surface area contributed by atoms with Crippen LogP contribution in [0.25, 0.3) is 0 Å². The number of pyridine rings is 1. The maximum absolute atomic E-state index is 12.0. The molecule has 0 bridgehead atoms. The van der Waals surface area contributed by atoms with Crippen molar-refractivity contribution in [1.29, 1.82) is 5.26 Å². The van der Waals surface area contributed by atoms with E-state index in [1.807, 2.05) is 24.1 Å². The SMILES string of the molecule is CCOC(=O)N1CCCC(N2CCN(c3ncccc3N3CC(C#N)C3)CC2)CC1. The zero-order chi connectivity index (χ0) is 20.9. The van der Waals surface area contributed by atoms with E-state index in [4.69, 9.17) is 10.00 Å². The molecule has 1 aromatic rings. The summed E-state index contributed by atoms with van der Waals surface area (Å²) in [5.74, 6) is 1.18. The van der Waals surface area contributed by atoms with Gasteiger partial charge in [-0.15, -0.1) is 0 Å². The van der Waals surface area contributed by atoms with Crippen LogP contribution in [0, 0.1) is 17.2 Å². The summed E-state index contributed by atoms with van der Waals surface area (Å²) in [5.41, 5.74) is 1.15. The van der Waals surface area contributed by atoms with Crippen LogP contribution in [0.5, 0.6) is 0 Å². The van der Waals surface area contributed by atoms with Crippen LogP contribution < -0.4 is 9.80 Å². The lowest BCUT2D eigenvalue weighted by Crippen LogP contribution is -2.52. The Morgan fingerprint density at radius 3 is 2.70 bits per heavy atom. The first-order valence-corrected chi connectivity index (χ1v) is 11.2. The molecule has 4 heterocycles. The van der Waals surface area contributed by atoms with Gasteiger partial charge in [-0.25, -0.2) is 9.78 Å². The van der Waals surface area contributed by atoms with E-state index in [1.54, 1.807) is 0 Å². The highest BCUT2D eigenvalue weighted by Gasteiger charge is 2.32. The summed E-state index contributed by atoms with van der Waals surface area (Å²) in [6.45, 7) is 9.41. The molecule has 4 rings (SSSR count). The van der Waals surface area contributed by atoms with Crippen molar-refractivity contribution in [1.82, 2.24) is 14.8 Å². The van der Waals surface area contributed by atoms with Gasteiger partial charge in [-0.3, -0.25) is 4.90 Å². The van der Waals surface area contributed by atoms with Crippen LogP contribution in [0.1, 0.15) is 26.2 Å². The van der Waals surface area contributed by atoms with E-state index in [9.17, 15) is 4.79 Å². The quantitative estimate of drug-likeness (QED) is 0.750. The fourth-order valence-corrected chi connectivity index (χ4v) is 4.78. The van der Waals surface area contributed by atoms with Crippen molar-refractivity contribution in [3.8, 4) is 6.07 Å². The van der Waals surface area contributed by atoms with Gasteiger partial charge in [0.2, 0.25) is 0 Å². The second-order valence-corrected chi connectivity index (χ2v) is 8.37. The Labute approximate surface area is 179 Å². The highest BCUT2D eigenvalue weighted by Crippen LogP contribution is 2.33. The van der Waals surface area contributed by atoms with E-state index in [0.717, 1.165) is 83.1 Å². The Balaban J connectivity index is 1.32. The van der Waals surface area contributed by atoms with Gasteiger partial charge >= 0.3 is 6.09 Å². The molecule has 0 aromatic carbocycles. The third-order valence-electron chi connectivity index (χ3n) is 6.52. The molecule has 0 spiro atoms. The fourth-order valence-electron chi connectivity index (χ4n) is 4.78. The Bertz CT molecular complexity index is 767. The first-order chi connectivity index (χ1) is 14.7. The standard InChI is InChI=1S/C22H32N6O2/c1-2-30-22(29)27-9-4-5-19(7-10-27)25-11-13-26(14-12-25)21-20(6-3-8-24-21)28-16-18(15-23)17-28/h3,6,8,18-19H,2,4-5,7,9-14,16-17H2,1H3. The van der Waals surface area contributed by atoms with Gasteiger partial charge in [0.1, 0.15) is 0 Å². The van der Waals surface area contributed by atoms with Gasteiger partial charge in [0, 0.05) is 64.6 Å². The molecule has 8 nitrogen and oxygen atoms in total. The second-order valence-electron chi connectivity index (χ2n) is 8.37. The molecular formula is C22H32N6O2. The number of piperazine rings is 1. The van der Waals surface area contributed by atoms with Crippen molar-refractivity contribution in [3.05, 3.63) is 18.3 Å². The molecule has 3 aliphatic rings. The molecule has 0 radical (unpaired) electrons. The zero-order valence-corrected chi connectivity index (χ0v) is 17.9. The lowest BCUT2D eigenvalue weighted by molar-refractivity contribution is 0.106. The summed E-state index contributed by atoms with van der Waals surface area (Å²) in [7, 11) is 0. The Morgan fingerprint density at radius 2 is 1.97 bits per heavy atom. The second kappa shape index (κ2) is 9.52. The summed E-state index contributed by atoms with van der Waals surface area (Å²) in [6, 6.07) is 6.98. The van der Waals surface area contributed by atoms with Gasteiger partial charge in [-0.05, 0) is 38.3 Å². The minimum absolute atomic E-state index is 0.138. The van der Waals surface area contributed by atoms with Crippen molar-refractivity contribution < 1.29 is 9.53 Å². The number of hydrogen-bond donors (Lipinski definition) is 0. The number of rotatable bonds is 4. The number of anilines is 2. The largest absolute Gasteiger partial charge is 0.450 e. The third kappa shape index (κ3) is 4.46. The number of likely N-dealkylation sites (tertiary alicyclic amines) is 1. The number of carbonyl (C=O) groups is 1. The topological polar surface area (TPSA) is 75.9 Å². The van der Waals surface area contributed by atoms with Crippen LogP contribution in [0.15, 0.2) is 18.3 Å². The van der Waals surface area contributed by atoms with E-state index >= 15 is 0 Å². The number of nitriles is 1. The Kier molecular flexibility index (Phi) is 6.58. The van der Waals surface area contributed by atoms with Crippen molar-refractivity contribution in [3.63, 3.8) is 0 Å². The molecule has 3 aliphatic heterocycles. The van der Waals surface area contributed by atoms with Crippen LogP contribution in [-0.2, 0) is 4.74 Å². The molecule has 1 amide bonds. The first-order valence-electron chi connectivity index (χ1n) is 11.2. The molecule has 3 saturated heterocycles. The highest BCUT2D eigenvalue weighted by molar-refractivity contribution is 5.68. The van der Waals surface area contributed by atoms with Crippen LogP contribution in [0.4, 0.5) is 16.3 Å². The monoisotopic (exact) mass is 412 g/mol. The maximum Gasteiger partial charge on any atom is 0.409 e. The number of carbonyl (C=O) groups excluding carboxylic acids is 1. The molecule has 1 aromatic heterocycles. The summed E-state index contributed by atoms with van der Waals surface area (Å²) >= 11 is 0. The van der Waals surface area contributed by atoms with Crippen molar-refractivity contribution >= 4 is 17.6 Å². The van der Waals surface area contributed by atoms with E-state index in [1.165, 1.54) is 0 Å². The van der Waals surface area contributed by atoms with Crippen molar-refractivity contribution in [2.24, 2.45) is 5.92 Å². The van der Waals surface area contributed by atoms with Gasteiger partial charge in [-0.2, -0.15) is 5.26 Å². The van der Waals surface area contributed by atoms with Crippen LogP contribution in [0.3, 0.4) is 0 Å². The van der Waals surface area contributed by atoms with Gasteiger partial charge in [0.15, 0.2) is 5.82 Å². The Hall–Kier alpha value is -2.53. The molecule has 1 atom stereocenters. The van der Waals surface area contributed by atoms with Gasteiger partial charge in [0.05, 0.1) is 24.3 Å². The minimum atomic E-state index is -0.171. The van der Waals surface area contributed by atoms with E-state index in [2.05, 4.69) is 31.8 Å². The lowest BCUT2D eigenvalue weighted by Gasteiger charge is -2.43. The summed E-state index contributed by atoms with van der Waals surface area (Å²) < 4.78 is 5.18. The molecule has 8 heteroatoms. The van der Waals surface area contributed by atoms with Crippen molar-refractivity contribution in [2.45, 2.75) is 32.2 Å². The van der Waals surface area contributed by atoms with Gasteiger partial charge in [0.25, 0.3) is 0 Å². The molecular weight excluding hydrogens is 380 g/mol. The van der Waals surface area contributed by atoms with Crippen molar-refractivity contribution in [2.75, 3.05) is 68.8 Å². The number of aromatic nitrogens is 1. The number of ether oxygens (including phenoxy) is 1. The van der Waals surface area contributed by atoms with E-state index in [0.29, 0.717) is 12.6 Å². The third-order valence-corrected chi connectivity index (χ3v) is 6.52. The zero-order valence-electron chi connectivity index (χ0n) is 17.9. The summed E-state index contributed by atoms with van der Waals surface area (Å²) in [4.78, 5) is 25.8. The van der Waals surface area contributed by atoms with Crippen LogP contribution in [0.2, 0.25) is 0 Å². The first kappa shape index (κ1) is 20.7. The molecule has 0 saturated carbocycles. The molecule has 3 fully saturated rings. The fraction of sp³-hybridized carbons (Fsp3) is 0.682. The predicted molar refractivity (Wildman–Crippen MR) is 116 cm³/mol. The van der Waals surface area contributed by atoms with E-state index in [-0.39, 0.29) is 12.0 Å². The number of hydrogen-bond acceptors (Lipinski definition) is 7. The Morgan fingerprint density at radius 1 is 1.17 bits per heavy atom. The molecule has 0 aliphatic carbocycles. The van der Waals surface area contributed by atoms with Gasteiger partial charge in [-0.1, -0.05) is 0 Å². The normalized spacial score (nSPS) is 23.5. The lowest BCUT2D eigenvalue weighted by atomic mass is 10.0. The summed E-state index contributed by atoms with van der Waals surface area (Å²) in [6.07, 6.45) is 4.87. The highest BCUT2D eigenvalue weighted by atomic mass is 16.6. The maximum atomic E-state index is 12.0. The predicted octanol–water partition coefficient (Wildman–Crippen LogP) is 2.17. The summed E-state index contributed by atoms with van der Waals surface area (Å²) in [5, 5.41) is 9.08. The smallest absolute Gasteiger partial charge is 0.409 e. The molecule has 30 heavy (non-hydrogen) atoms. The number of amides is 1. The van der Waals surface area contributed by atoms with Crippen LogP contribution in [-0.4, -0.2) is 85.9 Å². The van der Waals surface area contributed by atoms with E-state index < -0.39 is 0 Å². The molecule has 1 unspecified atom stereocenters. The molecule has 162 valence electrons. The number of nitrogens with zero attached hydrogens (tertiary/aromatic N) is 6. The average molecular weight is 413 g/mol. The average Bonchev–Trinajstić information content (AvgIpc) is 3.00. The molecule has 0 N–H and O–H groups in total.